The number of ether oxygens (including phenoxy) is 1. The second-order valence-electron chi connectivity index (χ2n) is 6.29. The van der Waals surface area contributed by atoms with E-state index in [1.807, 2.05) is 6.07 Å². The number of nitriles is 1. The molecule has 1 aromatic carbocycles. The first kappa shape index (κ1) is 18.9. The number of likely N-dealkylation sites (tertiary alicyclic amines) is 1. The molecule has 0 aliphatic carbocycles. The van der Waals surface area contributed by atoms with E-state index in [-0.39, 0.29) is 30.6 Å². The first-order valence-electron chi connectivity index (χ1n) is 8.64. The summed E-state index contributed by atoms with van der Waals surface area (Å²) in [5, 5.41) is 9.49. The van der Waals surface area contributed by atoms with Crippen LogP contribution >= 0.6 is 11.6 Å². The average molecular weight is 384 g/mol. The van der Waals surface area contributed by atoms with Crippen LogP contribution in [0.4, 0.5) is 0 Å². The molecule has 6 nitrogen and oxygen atoms in total. The van der Waals surface area contributed by atoms with E-state index >= 15 is 0 Å². The fourth-order valence-electron chi connectivity index (χ4n) is 2.92. The summed E-state index contributed by atoms with van der Waals surface area (Å²) in [7, 11) is 0. The molecule has 2 heterocycles. The van der Waals surface area contributed by atoms with Crippen molar-refractivity contribution in [1.29, 1.82) is 5.26 Å². The number of hydrogen-bond acceptors (Lipinski definition) is 5. The van der Waals surface area contributed by atoms with Gasteiger partial charge in [0, 0.05) is 48.7 Å². The van der Waals surface area contributed by atoms with Gasteiger partial charge in [-0.2, -0.15) is 5.26 Å². The van der Waals surface area contributed by atoms with E-state index in [1.54, 1.807) is 41.3 Å². The molecule has 1 aromatic heterocycles. The number of carbonyl (C=O) groups is 2. The highest BCUT2D eigenvalue weighted by atomic mass is 35.5. The molecule has 0 N–H and O–H groups in total. The Hall–Kier alpha value is -2.91. The molecule has 7 heteroatoms. The Labute approximate surface area is 162 Å². The number of ketones is 1. The molecule has 1 atom stereocenters. The lowest BCUT2D eigenvalue weighted by Crippen LogP contribution is -2.31. The second-order valence-corrected chi connectivity index (χ2v) is 6.73. The zero-order valence-electron chi connectivity index (χ0n) is 14.6. The molecule has 1 aliphatic heterocycles. The zero-order valence-corrected chi connectivity index (χ0v) is 15.4. The second kappa shape index (κ2) is 8.65. The third-order valence-electron chi connectivity index (χ3n) is 4.38. The Morgan fingerprint density at radius 1 is 1.26 bits per heavy atom. The third kappa shape index (κ3) is 5.05. The van der Waals surface area contributed by atoms with Gasteiger partial charge in [-0.25, -0.2) is 4.98 Å². The topological polar surface area (TPSA) is 83.3 Å². The van der Waals surface area contributed by atoms with E-state index in [0.29, 0.717) is 41.5 Å². The van der Waals surface area contributed by atoms with Crippen LogP contribution in [0.1, 0.15) is 35.2 Å². The molecular weight excluding hydrogens is 366 g/mol. The molecule has 0 saturated carbocycles. The van der Waals surface area contributed by atoms with Gasteiger partial charge in [0.2, 0.25) is 11.8 Å². The van der Waals surface area contributed by atoms with Gasteiger partial charge in [0.25, 0.3) is 0 Å². The van der Waals surface area contributed by atoms with Gasteiger partial charge in [-0.15, -0.1) is 0 Å². The number of pyridine rings is 1. The molecule has 1 unspecified atom stereocenters. The minimum absolute atomic E-state index is 0.0675. The summed E-state index contributed by atoms with van der Waals surface area (Å²) in [4.78, 5) is 30.3. The summed E-state index contributed by atoms with van der Waals surface area (Å²) < 4.78 is 5.77. The Morgan fingerprint density at radius 3 is 2.78 bits per heavy atom. The minimum atomic E-state index is -0.164. The maximum Gasteiger partial charge on any atom is 0.223 e. The molecule has 27 heavy (non-hydrogen) atoms. The van der Waals surface area contributed by atoms with Crippen molar-refractivity contribution in [1.82, 2.24) is 9.88 Å². The number of aromatic nitrogens is 1. The Bertz CT molecular complexity index is 877. The molecule has 2 aromatic rings. The summed E-state index contributed by atoms with van der Waals surface area (Å²) in [5.74, 6) is 0.234. The van der Waals surface area contributed by atoms with Crippen LogP contribution < -0.4 is 4.74 Å². The smallest absolute Gasteiger partial charge is 0.223 e. The fraction of sp³-hybridized carbons (Fsp3) is 0.300. The van der Waals surface area contributed by atoms with Gasteiger partial charge >= 0.3 is 0 Å². The number of amides is 1. The van der Waals surface area contributed by atoms with Gasteiger partial charge in [0.1, 0.15) is 6.10 Å². The van der Waals surface area contributed by atoms with E-state index in [9.17, 15) is 9.59 Å². The number of carbonyl (C=O) groups excluding carboxylic acids is 2. The van der Waals surface area contributed by atoms with E-state index < -0.39 is 0 Å². The number of hydrogen-bond donors (Lipinski definition) is 0. The van der Waals surface area contributed by atoms with Gasteiger partial charge < -0.3 is 9.64 Å². The van der Waals surface area contributed by atoms with Crippen LogP contribution in [0.3, 0.4) is 0 Å². The van der Waals surface area contributed by atoms with Crippen LogP contribution in [0.2, 0.25) is 5.02 Å². The van der Waals surface area contributed by atoms with Crippen LogP contribution in [0.5, 0.6) is 5.88 Å². The van der Waals surface area contributed by atoms with E-state index in [0.717, 1.165) is 0 Å². The van der Waals surface area contributed by atoms with E-state index in [4.69, 9.17) is 21.6 Å². The van der Waals surface area contributed by atoms with Crippen molar-refractivity contribution in [2.45, 2.75) is 25.4 Å². The third-order valence-corrected chi connectivity index (χ3v) is 4.63. The van der Waals surface area contributed by atoms with E-state index in [1.165, 1.54) is 6.20 Å². The highest BCUT2D eigenvalue weighted by molar-refractivity contribution is 6.30. The first-order valence-corrected chi connectivity index (χ1v) is 9.02. The van der Waals surface area contributed by atoms with Crippen LogP contribution in [-0.2, 0) is 4.79 Å². The van der Waals surface area contributed by atoms with Gasteiger partial charge in [-0.05, 0) is 30.3 Å². The van der Waals surface area contributed by atoms with Crippen molar-refractivity contribution in [2.75, 3.05) is 13.1 Å². The summed E-state index contributed by atoms with van der Waals surface area (Å²) in [6, 6.07) is 11.9. The number of Topliss-reactive ketones (excluding diaryl/α,β-unsaturated/α-hetero) is 1. The summed E-state index contributed by atoms with van der Waals surface area (Å²) in [5.41, 5.74) is 1.03. The highest BCUT2D eigenvalue weighted by Gasteiger charge is 2.28. The fourth-order valence-corrected chi connectivity index (χ4v) is 3.05. The first-order chi connectivity index (χ1) is 13.0. The predicted octanol–water partition coefficient (Wildman–Crippen LogP) is 3.25. The van der Waals surface area contributed by atoms with Crippen molar-refractivity contribution in [3.8, 4) is 11.9 Å². The monoisotopic (exact) mass is 383 g/mol. The van der Waals surface area contributed by atoms with Crippen LogP contribution in [0, 0.1) is 11.3 Å². The highest BCUT2D eigenvalue weighted by Crippen LogP contribution is 2.19. The maximum atomic E-state index is 12.4. The molecular formula is C20H18ClN3O3. The summed E-state index contributed by atoms with van der Waals surface area (Å²) in [6.07, 6.45) is 2.37. The largest absolute Gasteiger partial charge is 0.472 e. The lowest BCUT2D eigenvalue weighted by Gasteiger charge is -2.17. The molecule has 1 amide bonds. The van der Waals surface area contributed by atoms with Crippen molar-refractivity contribution in [3.05, 3.63) is 58.7 Å². The maximum absolute atomic E-state index is 12.4. The van der Waals surface area contributed by atoms with Gasteiger partial charge in [0.05, 0.1) is 18.2 Å². The van der Waals surface area contributed by atoms with Crippen LogP contribution in [0.15, 0.2) is 42.6 Å². The van der Waals surface area contributed by atoms with Crippen LogP contribution in [-0.4, -0.2) is 40.8 Å². The van der Waals surface area contributed by atoms with Crippen molar-refractivity contribution >= 4 is 23.3 Å². The van der Waals surface area contributed by atoms with Gasteiger partial charge in [0.15, 0.2) is 5.78 Å². The Kier molecular flexibility index (Phi) is 6.05. The SMILES string of the molecule is N#Cc1ccnc(OC2CCN(C(=O)CCC(=O)c3ccc(Cl)cc3)C2)c1. The lowest BCUT2D eigenvalue weighted by molar-refractivity contribution is -0.130. The lowest BCUT2D eigenvalue weighted by atomic mass is 10.1. The average Bonchev–Trinajstić information content (AvgIpc) is 3.15. The van der Waals surface area contributed by atoms with Crippen molar-refractivity contribution in [3.63, 3.8) is 0 Å². The van der Waals surface area contributed by atoms with Crippen molar-refractivity contribution in [2.24, 2.45) is 0 Å². The number of nitrogens with zero attached hydrogens (tertiary/aromatic N) is 3. The Morgan fingerprint density at radius 2 is 2.04 bits per heavy atom. The number of rotatable bonds is 6. The standard InChI is InChI=1S/C20H18ClN3O3/c21-16-3-1-15(2-4-16)18(25)5-6-20(26)24-10-8-17(13-24)27-19-11-14(12-22)7-9-23-19/h1-4,7,9,11,17H,5-6,8,10,13H2. The molecule has 0 bridgehead atoms. The summed E-state index contributed by atoms with van der Waals surface area (Å²) >= 11 is 5.81. The van der Waals surface area contributed by atoms with Crippen LogP contribution in [0.25, 0.3) is 0 Å². The number of benzene rings is 1. The van der Waals surface area contributed by atoms with Gasteiger partial charge in [-0.3, -0.25) is 9.59 Å². The molecule has 1 fully saturated rings. The van der Waals surface area contributed by atoms with E-state index in [2.05, 4.69) is 4.98 Å². The minimum Gasteiger partial charge on any atom is -0.472 e. The van der Waals surface area contributed by atoms with Crippen molar-refractivity contribution < 1.29 is 14.3 Å². The zero-order chi connectivity index (χ0) is 19.2. The summed E-state index contributed by atoms with van der Waals surface area (Å²) in [6.45, 7) is 1.03. The molecule has 138 valence electrons. The Balaban J connectivity index is 1.48. The predicted molar refractivity (Wildman–Crippen MR) is 99.6 cm³/mol. The molecule has 0 spiro atoms. The molecule has 1 aliphatic rings. The molecule has 0 radical (unpaired) electrons. The number of halogens is 1. The molecule has 1 saturated heterocycles. The quantitative estimate of drug-likeness (QED) is 0.715. The molecule has 3 rings (SSSR count). The normalized spacial score (nSPS) is 16.0. The van der Waals surface area contributed by atoms with Gasteiger partial charge in [-0.1, -0.05) is 11.6 Å².